The maximum Gasteiger partial charge on any atom is 0.158 e. The minimum Gasteiger partial charge on any atom is -0.167 e. The van der Waals surface area contributed by atoms with Crippen molar-refractivity contribution in [1.82, 2.24) is 0 Å². The number of hydrogen-bond donors (Lipinski definition) is 0. The summed E-state index contributed by atoms with van der Waals surface area (Å²) in [4.78, 5) is 0. The molecule has 3 unspecified atom stereocenters. The summed E-state index contributed by atoms with van der Waals surface area (Å²) in [7, 11) is -1.45. The van der Waals surface area contributed by atoms with Gasteiger partial charge >= 0.3 is 0 Å². The highest BCUT2D eigenvalue weighted by atomic mass is 35.6. The fourth-order valence-electron chi connectivity index (χ4n) is 2.20. The van der Waals surface area contributed by atoms with E-state index in [1.54, 1.807) is 0 Å². The summed E-state index contributed by atoms with van der Waals surface area (Å²) in [5.74, 6) is 2.20. The number of hydrogen-bond acceptors (Lipinski definition) is 1. The monoisotopic (exact) mass is 218 g/mol. The zero-order valence-corrected chi connectivity index (χ0v) is 10.2. The summed E-state index contributed by atoms with van der Waals surface area (Å²) in [6, 6.07) is 0. The second-order valence-electron chi connectivity index (χ2n) is 4.26. The molecule has 3 heteroatoms. The van der Waals surface area contributed by atoms with Gasteiger partial charge in [0.05, 0.1) is 0 Å². The first-order valence-corrected chi connectivity index (χ1v) is 9.71. The Bertz CT molecular complexity index is 209. The smallest absolute Gasteiger partial charge is 0.158 e. The van der Waals surface area contributed by atoms with Crippen LogP contribution in [0.3, 0.4) is 0 Å². The summed E-state index contributed by atoms with van der Waals surface area (Å²) in [5, 5.41) is 0.837. The molecule has 0 nitrogen and oxygen atoms in total. The van der Waals surface area contributed by atoms with Crippen molar-refractivity contribution >= 4 is 30.2 Å². The highest BCUT2D eigenvalue weighted by Gasteiger charge is 2.43. The van der Waals surface area contributed by atoms with Crippen molar-refractivity contribution in [3.8, 4) is 0 Å². The lowest BCUT2D eigenvalue weighted by Gasteiger charge is -2.26. The molecule has 1 saturated heterocycles. The lowest BCUT2D eigenvalue weighted by molar-refractivity contribution is 0.660. The van der Waals surface area contributed by atoms with Crippen LogP contribution in [0.1, 0.15) is 6.42 Å². The molecule has 1 aliphatic heterocycles. The van der Waals surface area contributed by atoms with Crippen molar-refractivity contribution in [3.05, 3.63) is 12.2 Å². The molecule has 68 valence electrons. The van der Waals surface area contributed by atoms with Crippen LogP contribution in [-0.4, -0.2) is 18.4 Å². The molecule has 0 bridgehead atoms. The third-order valence-corrected chi connectivity index (χ3v) is 7.53. The van der Waals surface area contributed by atoms with Crippen LogP contribution >= 0.6 is 22.8 Å². The Morgan fingerprint density at radius 1 is 1.42 bits per heavy atom. The van der Waals surface area contributed by atoms with E-state index in [0.29, 0.717) is 0 Å². The Labute approximate surface area is 84.5 Å². The Morgan fingerprint density at radius 3 is 2.83 bits per heavy atom. The number of fused-ring (bicyclic) bond motifs is 1. The molecule has 1 aliphatic carbocycles. The van der Waals surface area contributed by atoms with E-state index >= 15 is 0 Å². The molecule has 2 aliphatic rings. The van der Waals surface area contributed by atoms with Crippen LogP contribution in [0.5, 0.6) is 0 Å². The van der Waals surface area contributed by atoms with Gasteiger partial charge in [-0.05, 0) is 23.6 Å². The molecule has 0 radical (unpaired) electrons. The second-order valence-corrected chi connectivity index (χ2v) is 12.3. The minimum absolute atomic E-state index is 0.719. The van der Waals surface area contributed by atoms with Crippen molar-refractivity contribution in [2.24, 2.45) is 5.92 Å². The maximum atomic E-state index is 6.48. The first-order valence-electron chi connectivity index (χ1n) is 4.58. The van der Waals surface area contributed by atoms with E-state index in [2.05, 4.69) is 37.0 Å². The predicted molar refractivity (Wildman–Crippen MR) is 60.6 cm³/mol. The van der Waals surface area contributed by atoms with Gasteiger partial charge in [-0.3, -0.25) is 0 Å². The van der Waals surface area contributed by atoms with Crippen molar-refractivity contribution in [2.75, 3.05) is 5.75 Å². The molecule has 2 rings (SSSR count). The molecule has 0 aromatic heterocycles. The number of thioether (sulfide) groups is 1. The van der Waals surface area contributed by atoms with Gasteiger partial charge in [0, 0.05) is 5.25 Å². The molecule has 0 spiro atoms. The normalized spacial score (nSPS) is 40.4. The Kier molecular flexibility index (Phi) is 2.34. The lowest BCUT2D eigenvalue weighted by Crippen LogP contribution is -2.30. The first kappa shape index (κ1) is 9.16. The largest absolute Gasteiger partial charge is 0.167 e. The van der Waals surface area contributed by atoms with E-state index < -0.39 is 7.38 Å². The maximum absolute atomic E-state index is 6.48. The standard InChI is InChI=1S/C9H15ClSSi/c1-12(2,10)8-4-3-7-5-6-11-9(7)8/h3-4,7-9H,5-6H2,1-2H3. The van der Waals surface area contributed by atoms with E-state index in [1.807, 2.05) is 0 Å². The molecule has 12 heavy (non-hydrogen) atoms. The van der Waals surface area contributed by atoms with Crippen LogP contribution in [0, 0.1) is 5.92 Å². The first-order chi connectivity index (χ1) is 5.59. The summed E-state index contributed by atoms with van der Waals surface area (Å²) in [5.41, 5.74) is 0.719. The highest BCUT2D eigenvalue weighted by molar-refractivity contribution is 8.00. The van der Waals surface area contributed by atoms with E-state index in [-0.39, 0.29) is 0 Å². The SMILES string of the molecule is C[Si](C)(Cl)C1C=CC2CCSC21. The Morgan fingerprint density at radius 2 is 2.17 bits per heavy atom. The molecule has 0 aromatic rings. The zero-order chi connectivity index (χ0) is 8.77. The van der Waals surface area contributed by atoms with E-state index in [4.69, 9.17) is 11.1 Å². The van der Waals surface area contributed by atoms with Gasteiger partial charge in [0.2, 0.25) is 0 Å². The van der Waals surface area contributed by atoms with Gasteiger partial charge in [-0.15, -0.1) is 0 Å². The van der Waals surface area contributed by atoms with Crippen molar-refractivity contribution in [3.63, 3.8) is 0 Å². The van der Waals surface area contributed by atoms with Crippen LogP contribution in [-0.2, 0) is 0 Å². The van der Waals surface area contributed by atoms with Gasteiger partial charge in [-0.2, -0.15) is 22.8 Å². The Balaban J connectivity index is 2.15. The summed E-state index contributed by atoms with van der Waals surface area (Å²) >= 11 is 8.62. The predicted octanol–water partition coefficient (Wildman–Crippen LogP) is 3.49. The van der Waals surface area contributed by atoms with Crippen LogP contribution in [0.15, 0.2) is 12.2 Å². The molecular formula is C9H15ClSSi. The molecule has 0 N–H and O–H groups in total. The highest BCUT2D eigenvalue weighted by Crippen LogP contribution is 2.50. The molecule has 0 saturated carbocycles. The van der Waals surface area contributed by atoms with Crippen molar-refractivity contribution in [2.45, 2.75) is 30.3 Å². The Hall–Kier alpha value is 0.597. The average Bonchev–Trinajstić information content (AvgIpc) is 2.37. The van der Waals surface area contributed by atoms with Gasteiger partial charge in [-0.1, -0.05) is 25.2 Å². The topological polar surface area (TPSA) is 0 Å². The molecule has 3 atom stereocenters. The van der Waals surface area contributed by atoms with Crippen molar-refractivity contribution in [1.29, 1.82) is 0 Å². The summed E-state index contributed by atoms with van der Waals surface area (Å²) in [6.07, 6.45) is 6.18. The molecule has 1 heterocycles. The van der Waals surface area contributed by atoms with Crippen LogP contribution in [0.4, 0.5) is 0 Å². The van der Waals surface area contributed by atoms with E-state index in [9.17, 15) is 0 Å². The molecule has 1 fully saturated rings. The fraction of sp³-hybridized carbons (Fsp3) is 0.778. The zero-order valence-electron chi connectivity index (χ0n) is 7.59. The van der Waals surface area contributed by atoms with Gasteiger partial charge in [0.15, 0.2) is 7.38 Å². The molecule has 0 amide bonds. The number of rotatable bonds is 1. The number of halogens is 1. The summed E-state index contributed by atoms with van der Waals surface area (Å²) in [6.45, 7) is 4.54. The quantitative estimate of drug-likeness (QED) is 0.369. The van der Waals surface area contributed by atoms with E-state index in [1.165, 1.54) is 12.2 Å². The molecular weight excluding hydrogens is 204 g/mol. The van der Waals surface area contributed by atoms with Crippen LogP contribution < -0.4 is 0 Å². The third kappa shape index (κ3) is 1.49. The third-order valence-electron chi connectivity index (χ3n) is 2.90. The summed E-state index contributed by atoms with van der Waals surface area (Å²) < 4.78 is 0. The van der Waals surface area contributed by atoms with Crippen molar-refractivity contribution < 1.29 is 0 Å². The number of allylic oxidation sites excluding steroid dienone is 2. The minimum atomic E-state index is -1.45. The van der Waals surface area contributed by atoms with E-state index in [0.717, 1.165) is 16.7 Å². The van der Waals surface area contributed by atoms with Crippen LogP contribution in [0.25, 0.3) is 0 Å². The fourth-order valence-corrected chi connectivity index (χ4v) is 7.40. The molecule has 0 aromatic carbocycles. The van der Waals surface area contributed by atoms with Gasteiger partial charge in [0.25, 0.3) is 0 Å². The average molecular weight is 219 g/mol. The lowest BCUT2D eigenvalue weighted by atomic mass is 10.1. The second kappa shape index (κ2) is 3.07. The van der Waals surface area contributed by atoms with Gasteiger partial charge in [-0.25, -0.2) is 0 Å². The van der Waals surface area contributed by atoms with Gasteiger partial charge < -0.3 is 0 Å². The van der Waals surface area contributed by atoms with Gasteiger partial charge in [0.1, 0.15) is 0 Å². The van der Waals surface area contributed by atoms with Crippen LogP contribution in [0.2, 0.25) is 18.6 Å².